The van der Waals surface area contributed by atoms with E-state index in [-0.39, 0.29) is 16.6 Å². The average molecular weight is 665 g/mol. The van der Waals surface area contributed by atoms with Crippen molar-refractivity contribution in [2.24, 2.45) is 5.92 Å². The highest BCUT2D eigenvalue weighted by Crippen LogP contribution is 2.50. The van der Waals surface area contributed by atoms with Crippen LogP contribution in [0.5, 0.6) is 11.5 Å². The summed E-state index contributed by atoms with van der Waals surface area (Å²) in [7, 11) is 0. The monoisotopic (exact) mass is 664 g/mol. The van der Waals surface area contributed by atoms with Crippen LogP contribution in [0, 0.1) is 5.92 Å². The number of ether oxygens (including phenoxy) is 2. The number of carbonyl (C=O) groups excluding carboxylic acids is 2. The van der Waals surface area contributed by atoms with E-state index in [2.05, 4.69) is 44.3 Å². The number of hydrogen-bond donors (Lipinski definition) is 2. The molecule has 3 aromatic carbocycles. The molecular formula is C43H52O6. The summed E-state index contributed by atoms with van der Waals surface area (Å²) in [5.74, 6) is 1.54. The Hall–Kier alpha value is -4.00. The molecule has 5 rings (SSSR count). The van der Waals surface area contributed by atoms with Gasteiger partial charge < -0.3 is 19.7 Å². The first-order valence-corrected chi connectivity index (χ1v) is 18.1. The van der Waals surface area contributed by atoms with Crippen LogP contribution < -0.4 is 9.47 Å². The molecule has 260 valence electrons. The van der Waals surface area contributed by atoms with Crippen molar-refractivity contribution in [2.75, 3.05) is 13.2 Å². The second-order valence-corrected chi connectivity index (χ2v) is 14.1. The van der Waals surface area contributed by atoms with E-state index < -0.39 is 25.2 Å². The van der Waals surface area contributed by atoms with Crippen LogP contribution in [0.4, 0.5) is 0 Å². The van der Waals surface area contributed by atoms with Crippen LogP contribution >= 0.6 is 0 Å². The normalized spacial score (nSPS) is 19.2. The molecule has 2 N–H and O–H groups in total. The largest absolute Gasteiger partial charge is 0.423 e. The van der Waals surface area contributed by atoms with Crippen molar-refractivity contribution >= 4 is 11.9 Å². The van der Waals surface area contributed by atoms with Crippen molar-refractivity contribution in [3.05, 3.63) is 119 Å². The van der Waals surface area contributed by atoms with Crippen LogP contribution in [-0.2, 0) is 15.0 Å². The number of aliphatic hydroxyl groups is 2. The summed E-state index contributed by atoms with van der Waals surface area (Å²) < 4.78 is 10.8. The standard InChI is InChI=1S/C43H52O6/c1-4-5-6-7-32-8-10-33(11-9-32)34-12-14-35(15-13-34)36-24-26-43(27-25-36,37-16-20-39(21-17-37)48-41(46)30(2)28-44)38-18-22-40(23-19-38)49-42(47)31(3)29-45/h12-23,32-33,36,44-45H,2-11,24-29H2,1H3. The number of esters is 2. The van der Waals surface area contributed by atoms with Gasteiger partial charge in [-0.1, -0.05) is 94.3 Å². The van der Waals surface area contributed by atoms with Crippen molar-refractivity contribution in [1.82, 2.24) is 0 Å². The van der Waals surface area contributed by atoms with Crippen molar-refractivity contribution in [3.8, 4) is 11.5 Å². The van der Waals surface area contributed by atoms with Gasteiger partial charge in [0.1, 0.15) is 11.5 Å². The SMILES string of the molecule is C=C(CO)C(=O)Oc1ccc(C2(c3ccc(OC(=O)C(=C)CO)cc3)CCC(c3ccc(C4CCC(CCCCC)CC4)cc3)CC2)cc1. The molecule has 49 heavy (non-hydrogen) atoms. The molecule has 0 unspecified atom stereocenters. The first kappa shape index (κ1) is 36.3. The first-order chi connectivity index (χ1) is 23.8. The zero-order valence-corrected chi connectivity index (χ0v) is 29.0. The Labute approximate surface area is 291 Å². The van der Waals surface area contributed by atoms with E-state index in [4.69, 9.17) is 9.47 Å². The Bertz CT molecular complexity index is 1480. The predicted molar refractivity (Wildman–Crippen MR) is 194 cm³/mol. The van der Waals surface area contributed by atoms with E-state index >= 15 is 0 Å². The minimum atomic E-state index is -0.652. The average Bonchev–Trinajstić information content (AvgIpc) is 3.15. The van der Waals surface area contributed by atoms with Gasteiger partial charge in [0.15, 0.2) is 0 Å². The molecule has 0 aliphatic heterocycles. The maximum atomic E-state index is 12.2. The molecule has 2 aliphatic rings. The zero-order valence-electron chi connectivity index (χ0n) is 29.0. The smallest absolute Gasteiger partial charge is 0.341 e. The number of aliphatic hydroxyl groups excluding tert-OH is 2. The number of hydrogen-bond acceptors (Lipinski definition) is 6. The third-order valence-corrected chi connectivity index (χ3v) is 11.0. The Balaban J connectivity index is 1.30. The van der Waals surface area contributed by atoms with Gasteiger partial charge in [-0.15, -0.1) is 0 Å². The molecule has 6 nitrogen and oxygen atoms in total. The molecule has 0 saturated heterocycles. The van der Waals surface area contributed by atoms with Crippen molar-refractivity contribution in [2.45, 2.75) is 101 Å². The van der Waals surface area contributed by atoms with Crippen LogP contribution in [0.25, 0.3) is 0 Å². The quantitative estimate of drug-likeness (QED) is 0.0773. The molecule has 2 saturated carbocycles. The summed E-state index contributed by atoms with van der Waals surface area (Å²) in [6.45, 7) is 8.48. The second-order valence-electron chi connectivity index (χ2n) is 14.1. The van der Waals surface area contributed by atoms with E-state index in [1.54, 1.807) is 24.3 Å². The number of benzene rings is 3. The summed E-state index contributed by atoms with van der Waals surface area (Å²) in [4.78, 5) is 24.4. The van der Waals surface area contributed by atoms with Crippen molar-refractivity contribution in [3.63, 3.8) is 0 Å². The van der Waals surface area contributed by atoms with Gasteiger partial charge in [0, 0.05) is 5.41 Å². The highest BCUT2D eigenvalue weighted by molar-refractivity contribution is 5.90. The lowest BCUT2D eigenvalue weighted by molar-refractivity contribution is -0.131. The van der Waals surface area contributed by atoms with E-state index in [0.717, 1.165) is 42.7 Å². The maximum Gasteiger partial charge on any atom is 0.341 e. The molecule has 0 bridgehead atoms. The summed E-state index contributed by atoms with van der Waals surface area (Å²) in [5, 5.41) is 18.5. The number of carbonyl (C=O) groups is 2. The molecule has 2 fully saturated rings. The lowest BCUT2D eigenvalue weighted by atomic mass is 9.62. The van der Waals surface area contributed by atoms with Crippen LogP contribution in [-0.4, -0.2) is 35.4 Å². The van der Waals surface area contributed by atoms with Crippen LogP contribution in [0.2, 0.25) is 0 Å². The van der Waals surface area contributed by atoms with Gasteiger partial charge in [0.25, 0.3) is 0 Å². The Morgan fingerprint density at radius 3 is 1.49 bits per heavy atom. The fourth-order valence-corrected chi connectivity index (χ4v) is 7.87. The molecule has 0 radical (unpaired) electrons. The van der Waals surface area contributed by atoms with Gasteiger partial charge in [-0.3, -0.25) is 0 Å². The molecular weight excluding hydrogens is 612 g/mol. The predicted octanol–water partition coefficient (Wildman–Crippen LogP) is 9.09. The molecule has 0 aromatic heterocycles. The number of rotatable bonds is 14. The topological polar surface area (TPSA) is 93.1 Å². The summed E-state index contributed by atoms with van der Waals surface area (Å²) in [5.41, 5.74) is 4.84. The molecule has 0 heterocycles. The fraction of sp³-hybridized carbons (Fsp3) is 0.442. The van der Waals surface area contributed by atoms with Gasteiger partial charge in [-0.2, -0.15) is 0 Å². The third-order valence-electron chi connectivity index (χ3n) is 11.0. The molecule has 0 atom stereocenters. The molecule has 2 aliphatic carbocycles. The highest BCUT2D eigenvalue weighted by Gasteiger charge is 2.39. The summed E-state index contributed by atoms with van der Waals surface area (Å²) in [6.07, 6.45) is 14.7. The van der Waals surface area contributed by atoms with Gasteiger partial charge in [0.2, 0.25) is 0 Å². The van der Waals surface area contributed by atoms with Crippen molar-refractivity contribution in [1.29, 1.82) is 0 Å². The molecule has 6 heteroatoms. The summed E-state index contributed by atoms with van der Waals surface area (Å²) in [6, 6.07) is 24.7. The van der Waals surface area contributed by atoms with Crippen molar-refractivity contribution < 1.29 is 29.3 Å². The first-order valence-electron chi connectivity index (χ1n) is 18.1. The lowest BCUT2D eigenvalue weighted by Crippen LogP contribution is -2.32. The Kier molecular flexibility index (Phi) is 12.7. The maximum absolute atomic E-state index is 12.2. The minimum absolute atomic E-state index is 0.000408. The Morgan fingerprint density at radius 2 is 1.08 bits per heavy atom. The van der Waals surface area contributed by atoms with E-state index in [9.17, 15) is 19.8 Å². The van der Waals surface area contributed by atoms with Gasteiger partial charge >= 0.3 is 11.9 Å². The molecule has 3 aromatic rings. The lowest BCUT2D eigenvalue weighted by Gasteiger charge is -2.42. The fourth-order valence-electron chi connectivity index (χ4n) is 7.87. The number of unbranched alkanes of at least 4 members (excludes halogenated alkanes) is 2. The van der Waals surface area contributed by atoms with E-state index in [1.807, 2.05) is 24.3 Å². The van der Waals surface area contributed by atoms with Crippen LogP contribution in [0.15, 0.2) is 97.1 Å². The molecule has 0 amide bonds. The zero-order chi connectivity index (χ0) is 34.8. The second kappa shape index (κ2) is 17.1. The van der Waals surface area contributed by atoms with E-state index in [0.29, 0.717) is 23.3 Å². The highest BCUT2D eigenvalue weighted by atomic mass is 16.5. The van der Waals surface area contributed by atoms with Crippen LogP contribution in [0.1, 0.15) is 118 Å². The van der Waals surface area contributed by atoms with Gasteiger partial charge in [0.05, 0.1) is 24.4 Å². The van der Waals surface area contributed by atoms with Crippen LogP contribution in [0.3, 0.4) is 0 Å². The van der Waals surface area contributed by atoms with E-state index in [1.165, 1.54) is 62.5 Å². The summed E-state index contributed by atoms with van der Waals surface area (Å²) >= 11 is 0. The van der Waals surface area contributed by atoms with Gasteiger partial charge in [-0.25, -0.2) is 9.59 Å². The van der Waals surface area contributed by atoms with Gasteiger partial charge in [-0.05, 0) is 116 Å². The molecule has 0 spiro atoms. The third kappa shape index (κ3) is 8.97. The Morgan fingerprint density at radius 1 is 0.653 bits per heavy atom. The minimum Gasteiger partial charge on any atom is -0.423 e.